The molecule has 3 heterocycles. The molecule has 0 radical (unpaired) electrons. The van der Waals surface area contributed by atoms with Gasteiger partial charge in [-0.25, -0.2) is 4.39 Å². The predicted molar refractivity (Wildman–Crippen MR) is 105 cm³/mol. The van der Waals surface area contributed by atoms with Crippen molar-refractivity contribution in [2.75, 3.05) is 18.5 Å². The molecule has 0 unspecified atom stereocenters. The number of pyridine rings is 1. The minimum Gasteiger partial charge on any atom is -0.502 e. The molecule has 152 valence electrons. The van der Waals surface area contributed by atoms with Crippen LogP contribution in [0.25, 0.3) is 0 Å². The molecular weight excluding hydrogens is 401 g/mol. The molecule has 0 aliphatic carbocycles. The molecule has 0 saturated heterocycles. The van der Waals surface area contributed by atoms with Crippen LogP contribution in [0, 0.1) is 5.82 Å². The number of aromatic hydroxyl groups is 1. The van der Waals surface area contributed by atoms with Gasteiger partial charge in [0.05, 0.1) is 10.6 Å². The predicted octanol–water partition coefficient (Wildman–Crippen LogP) is 2.26. The maximum absolute atomic E-state index is 13.4. The van der Waals surface area contributed by atoms with Crippen molar-refractivity contribution in [1.82, 2.24) is 9.47 Å². The lowest BCUT2D eigenvalue weighted by Crippen LogP contribution is -2.41. The van der Waals surface area contributed by atoms with E-state index in [2.05, 4.69) is 0 Å². The van der Waals surface area contributed by atoms with Crippen molar-refractivity contribution in [3.8, 4) is 5.75 Å². The molecule has 4 rings (SSSR count). The summed E-state index contributed by atoms with van der Waals surface area (Å²) in [6.07, 6.45) is 0.354. The minimum atomic E-state index is -1.15. The van der Waals surface area contributed by atoms with Crippen molar-refractivity contribution in [2.45, 2.75) is 32.4 Å². The van der Waals surface area contributed by atoms with E-state index in [4.69, 9.17) is 11.6 Å². The number of anilines is 1. The van der Waals surface area contributed by atoms with E-state index in [-0.39, 0.29) is 23.0 Å². The zero-order valence-electron chi connectivity index (χ0n) is 16.1. The number of hydrogen-bond acceptors (Lipinski definition) is 4. The number of carbonyl (C=O) groups excluding carboxylic acids is 2. The SMILES string of the molecule is CN1C(=O)C(C)(C)n2c1c1c(c(O)c2=O)C(=O)N(Cc2ccc(F)c(Cl)c2)CC1. The van der Waals surface area contributed by atoms with Crippen LogP contribution in [-0.4, -0.2) is 40.0 Å². The molecule has 2 aliphatic rings. The molecule has 7 nitrogen and oxygen atoms in total. The third kappa shape index (κ3) is 2.66. The highest BCUT2D eigenvalue weighted by Crippen LogP contribution is 2.40. The van der Waals surface area contributed by atoms with Crippen molar-refractivity contribution < 1.29 is 19.1 Å². The van der Waals surface area contributed by atoms with E-state index in [1.165, 1.54) is 32.6 Å². The summed E-state index contributed by atoms with van der Waals surface area (Å²) in [7, 11) is 1.55. The Labute approximate surface area is 170 Å². The highest BCUT2D eigenvalue weighted by molar-refractivity contribution is 6.30. The lowest BCUT2D eigenvalue weighted by Gasteiger charge is -2.31. The lowest BCUT2D eigenvalue weighted by atomic mass is 9.97. The smallest absolute Gasteiger partial charge is 0.296 e. The van der Waals surface area contributed by atoms with Crippen molar-refractivity contribution >= 4 is 29.2 Å². The van der Waals surface area contributed by atoms with Gasteiger partial charge in [-0.2, -0.15) is 0 Å². The summed E-state index contributed by atoms with van der Waals surface area (Å²) >= 11 is 5.82. The Kier molecular flexibility index (Phi) is 4.24. The Bertz CT molecular complexity index is 1140. The summed E-state index contributed by atoms with van der Waals surface area (Å²) in [5.41, 5.74) is -0.918. The van der Waals surface area contributed by atoms with Crippen molar-refractivity contribution in [1.29, 1.82) is 0 Å². The first-order valence-corrected chi connectivity index (χ1v) is 9.46. The molecule has 1 aromatic heterocycles. The van der Waals surface area contributed by atoms with Crippen LogP contribution in [0.5, 0.6) is 5.75 Å². The highest BCUT2D eigenvalue weighted by atomic mass is 35.5. The van der Waals surface area contributed by atoms with Gasteiger partial charge in [0.1, 0.15) is 17.2 Å². The number of fused-ring (bicyclic) bond motifs is 3. The van der Waals surface area contributed by atoms with E-state index in [1.807, 2.05) is 0 Å². The summed E-state index contributed by atoms with van der Waals surface area (Å²) in [6, 6.07) is 4.18. The number of amides is 2. The Morgan fingerprint density at radius 2 is 1.93 bits per heavy atom. The number of carbonyl (C=O) groups is 2. The third-order valence-electron chi connectivity index (χ3n) is 5.62. The van der Waals surface area contributed by atoms with Crippen LogP contribution in [-0.2, 0) is 23.3 Å². The number of rotatable bonds is 2. The van der Waals surface area contributed by atoms with Crippen LogP contribution in [0.4, 0.5) is 10.2 Å². The van der Waals surface area contributed by atoms with Gasteiger partial charge < -0.3 is 10.0 Å². The summed E-state index contributed by atoms with van der Waals surface area (Å²) in [5.74, 6) is -1.68. The molecule has 0 atom stereocenters. The fourth-order valence-corrected chi connectivity index (χ4v) is 4.36. The second kappa shape index (κ2) is 6.32. The number of benzene rings is 1. The van der Waals surface area contributed by atoms with Crippen LogP contribution in [0.3, 0.4) is 0 Å². The van der Waals surface area contributed by atoms with Crippen molar-refractivity contribution in [3.63, 3.8) is 0 Å². The molecule has 1 aromatic carbocycles. The van der Waals surface area contributed by atoms with Gasteiger partial charge in [-0.3, -0.25) is 23.9 Å². The maximum Gasteiger partial charge on any atom is 0.296 e. The number of aromatic nitrogens is 1. The van der Waals surface area contributed by atoms with E-state index >= 15 is 0 Å². The number of halogens is 2. The summed E-state index contributed by atoms with van der Waals surface area (Å²) < 4.78 is 14.6. The van der Waals surface area contributed by atoms with Crippen LogP contribution in [0.1, 0.15) is 35.3 Å². The molecule has 0 bridgehead atoms. The average molecular weight is 420 g/mol. The molecule has 2 aliphatic heterocycles. The van der Waals surface area contributed by atoms with Gasteiger partial charge in [0.2, 0.25) is 0 Å². The average Bonchev–Trinajstić information content (AvgIpc) is 2.84. The van der Waals surface area contributed by atoms with Gasteiger partial charge in [-0.05, 0) is 38.0 Å². The van der Waals surface area contributed by atoms with Crippen LogP contribution in [0.15, 0.2) is 23.0 Å². The van der Waals surface area contributed by atoms with Crippen LogP contribution < -0.4 is 10.5 Å². The quantitative estimate of drug-likeness (QED) is 0.809. The zero-order valence-corrected chi connectivity index (χ0v) is 16.9. The number of nitrogens with zero attached hydrogens (tertiary/aromatic N) is 3. The van der Waals surface area contributed by atoms with Crippen molar-refractivity contribution in [2.24, 2.45) is 0 Å². The van der Waals surface area contributed by atoms with E-state index in [9.17, 15) is 23.9 Å². The lowest BCUT2D eigenvalue weighted by molar-refractivity contribution is -0.123. The molecule has 1 N–H and O–H groups in total. The van der Waals surface area contributed by atoms with Crippen molar-refractivity contribution in [3.05, 3.63) is 56.1 Å². The Hall–Kier alpha value is -2.87. The molecule has 9 heteroatoms. The molecule has 2 amide bonds. The maximum atomic E-state index is 13.4. The summed E-state index contributed by atoms with van der Waals surface area (Å²) in [6.45, 7) is 3.67. The third-order valence-corrected chi connectivity index (χ3v) is 5.91. The van der Waals surface area contributed by atoms with E-state index in [0.717, 1.165) is 0 Å². The standard InChI is InChI=1S/C20H19ClFN3O4/c1-20(2)19(29)23(3)16-11-6-7-24(9-10-4-5-13(22)12(21)8-10)17(27)14(11)15(26)18(28)25(16)20/h4-5,8,26H,6-7,9H2,1-3H3. The van der Waals surface area contributed by atoms with E-state index in [0.29, 0.717) is 29.9 Å². The van der Waals surface area contributed by atoms with Gasteiger partial charge in [0, 0.05) is 25.7 Å². The molecule has 0 saturated carbocycles. The normalized spacial score (nSPS) is 17.6. The highest BCUT2D eigenvalue weighted by Gasteiger charge is 2.47. The minimum absolute atomic E-state index is 0.0476. The first kappa shape index (κ1) is 19.4. The first-order valence-electron chi connectivity index (χ1n) is 9.08. The largest absolute Gasteiger partial charge is 0.502 e. The Morgan fingerprint density at radius 1 is 1.24 bits per heavy atom. The number of likely N-dealkylation sites (N-methyl/N-ethyl adjacent to an activating group) is 1. The Balaban J connectivity index is 1.80. The van der Waals surface area contributed by atoms with E-state index in [1.54, 1.807) is 20.9 Å². The van der Waals surface area contributed by atoms with Gasteiger partial charge in [0.15, 0.2) is 5.75 Å². The fourth-order valence-electron chi connectivity index (χ4n) is 4.15. The van der Waals surface area contributed by atoms with Gasteiger partial charge in [-0.15, -0.1) is 0 Å². The molecular formula is C20H19ClFN3O4. The summed E-state index contributed by atoms with van der Waals surface area (Å²) in [4.78, 5) is 41.4. The Morgan fingerprint density at radius 3 is 2.59 bits per heavy atom. The van der Waals surface area contributed by atoms with Crippen LogP contribution >= 0.6 is 11.6 Å². The fraction of sp³-hybridized carbons (Fsp3) is 0.350. The molecule has 2 aromatic rings. The molecule has 0 fully saturated rings. The van der Waals surface area contributed by atoms with Gasteiger partial charge in [-0.1, -0.05) is 17.7 Å². The summed E-state index contributed by atoms with van der Waals surface area (Å²) in [5, 5.41) is 10.5. The first-order chi connectivity index (χ1) is 13.6. The molecule has 0 spiro atoms. The van der Waals surface area contributed by atoms with Gasteiger partial charge >= 0.3 is 0 Å². The topological polar surface area (TPSA) is 82.8 Å². The second-order valence-corrected chi connectivity index (χ2v) is 8.22. The zero-order chi connectivity index (χ0) is 21.2. The monoisotopic (exact) mass is 419 g/mol. The number of hydrogen-bond donors (Lipinski definition) is 1. The second-order valence-electron chi connectivity index (χ2n) is 7.81. The van der Waals surface area contributed by atoms with Gasteiger partial charge in [0.25, 0.3) is 17.4 Å². The van der Waals surface area contributed by atoms with Crippen LogP contribution in [0.2, 0.25) is 5.02 Å². The van der Waals surface area contributed by atoms with E-state index < -0.39 is 28.6 Å². The molecule has 29 heavy (non-hydrogen) atoms.